The molecule has 0 aliphatic heterocycles. The van der Waals surface area contributed by atoms with Gasteiger partial charge in [0.25, 0.3) is 0 Å². The van der Waals surface area contributed by atoms with E-state index in [4.69, 9.17) is 0 Å². The maximum atomic E-state index is 11.3. The first-order chi connectivity index (χ1) is 8.81. The highest BCUT2D eigenvalue weighted by atomic mass is 16.4. The van der Waals surface area contributed by atoms with Crippen molar-refractivity contribution < 1.29 is 9.90 Å². The van der Waals surface area contributed by atoms with E-state index in [1.165, 1.54) is 36.8 Å². The molecular formula is C18H32O2. The highest BCUT2D eigenvalue weighted by Crippen LogP contribution is 2.60. The van der Waals surface area contributed by atoms with Crippen molar-refractivity contribution in [1.82, 2.24) is 0 Å². The number of allylic oxidation sites excluding steroid dienone is 1. The Morgan fingerprint density at radius 2 is 1.95 bits per heavy atom. The average Bonchev–Trinajstić information content (AvgIpc) is 2.29. The number of hydrogen-bond donors (Lipinski definition) is 1. The average molecular weight is 280 g/mol. The molecule has 1 saturated carbocycles. The van der Waals surface area contributed by atoms with Gasteiger partial charge in [-0.15, -0.1) is 0 Å². The Labute approximate surface area is 124 Å². The smallest absolute Gasteiger partial charge is 0.307 e. The van der Waals surface area contributed by atoms with Crippen molar-refractivity contribution in [3.05, 3.63) is 11.1 Å². The first kappa shape index (κ1) is 17.3. The molecule has 0 aromatic heterocycles. The summed E-state index contributed by atoms with van der Waals surface area (Å²) < 4.78 is 0. The van der Waals surface area contributed by atoms with Gasteiger partial charge in [0.15, 0.2) is 0 Å². The van der Waals surface area contributed by atoms with Crippen LogP contribution in [0.4, 0.5) is 0 Å². The van der Waals surface area contributed by atoms with Crippen molar-refractivity contribution >= 4 is 5.97 Å². The van der Waals surface area contributed by atoms with Crippen LogP contribution in [0.1, 0.15) is 80.1 Å². The summed E-state index contributed by atoms with van der Waals surface area (Å²) in [6.07, 6.45) is 7.33. The van der Waals surface area contributed by atoms with Crippen molar-refractivity contribution in [2.75, 3.05) is 0 Å². The second kappa shape index (κ2) is 5.91. The first-order valence-electron chi connectivity index (χ1n) is 7.74. The van der Waals surface area contributed by atoms with Gasteiger partial charge in [0, 0.05) is 0 Å². The van der Waals surface area contributed by atoms with E-state index >= 15 is 0 Å². The van der Waals surface area contributed by atoms with Gasteiger partial charge in [-0.25, -0.2) is 0 Å². The summed E-state index contributed by atoms with van der Waals surface area (Å²) in [6, 6.07) is 0. The maximum absolute atomic E-state index is 11.3. The molecule has 0 amide bonds. The van der Waals surface area contributed by atoms with Crippen LogP contribution in [0, 0.1) is 16.7 Å². The Morgan fingerprint density at radius 3 is 2.50 bits per heavy atom. The van der Waals surface area contributed by atoms with Gasteiger partial charge in [-0.1, -0.05) is 52.7 Å². The second-order valence-electron chi connectivity index (χ2n) is 7.36. The van der Waals surface area contributed by atoms with Crippen LogP contribution < -0.4 is 0 Å². The Kier molecular flexibility index (Phi) is 5.10. The molecule has 2 aliphatic carbocycles. The molecule has 20 heavy (non-hydrogen) atoms. The minimum atomic E-state index is -0.661. The van der Waals surface area contributed by atoms with Crippen LogP contribution in [0.3, 0.4) is 0 Å². The molecule has 2 heteroatoms. The number of aliphatic carboxylic acids is 1. The van der Waals surface area contributed by atoms with Gasteiger partial charge in [0.2, 0.25) is 0 Å². The van der Waals surface area contributed by atoms with Gasteiger partial charge in [-0.3, -0.25) is 4.79 Å². The van der Waals surface area contributed by atoms with E-state index in [0.717, 1.165) is 12.8 Å². The Balaban J connectivity index is 0.00000200. The quantitative estimate of drug-likeness (QED) is 0.700. The first-order valence-corrected chi connectivity index (χ1v) is 7.74. The van der Waals surface area contributed by atoms with Crippen LogP contribution in [0.25, 0.3) is 0 Å². The highest BCUT2D eigenvalue weighted by Gasteiger charge is 2.50. The second-order valence-corrected chi connectivity index (χ2v) is 7.36. The van der Waals surface area contributed by atoms with E-state index in [1.54, 1.807) is 0 Å². The molecule has 0 heterocycles. The van der Waals surface area contributed by atoms with Crippen molar-refractivity contribution in [2.45, 2.75) is 80.1 Å². The molecule has 0 aromatic rings. The van der Waals surface area contributed by atoms with Crippen LogP contribution >= 0.6 is 0 Å². The predicted molar refractivity (Wildman–Crippen MR) is 84.8 cm³/mol. The molecule has 2 unspecified atom stereocenters. The lowest BCUT2D eigenvalue weighted by atomic mass is 9.50. The van der Waals surface area contributed by atoms with E-state index < -0.39 is 5.97 Å². The van der Waals surface area contributed by atoms with Crippen molar-refractivity contribution in [3.63, 3.8) is 0 Å². The van der Waals surface area contributed by atoms with E-state index in [2.05, 4.69) is 27.7 Å². The van der Waals surface area contributed by atoms with Gasteiger partial charge in [0.1, 0.15) is 0 Å². The van der Waals surface area contributed by atoms with E-state index in [-0.39, 0.29) is 19.3 Å². The predicted octanol–water partition coefficient (Wildman–Crippen LogP) is 5.43. The third-order valence-electron chi connectivity index (χ3n) is 5.84. The number of hydrogen-bond acceptors (Lipinski definition) is 1. The third kappa shape index (κ3) is 2.80. The number of carboxylic acid groups (broad SMARTS) is 1. The summed E-state index contributed by atoms with van der Waals surface area (Å²) in [5.41, 5.74) is 3.19. The summed E-state index contributed by atoms with van der Waals surface area (Å²) >= 11 is 0. The zero-order valence-corrected chi connectivity index (χ0v) is 12.9. The largest absolute Gasteiger partial charge is 0.481 e. The fraction of sp³-hybridized carbons (Fsp3) is 0.833. The van der Waals surface area contributed by atoms with Crippen molar-refractivity contribution in [2.24, 2.45) is 16.7 Å². The SMILES string of the molecule is C.CCC1=C(CC(=O)O)C2(C)CCCC(C)(C)C2CC1. The molecule has 2 nitrogen and oxygen atoms in total. The lowest BCUT2D eigenvalue weighted by Crippen LogP contribution is -2.46. The van der Waals surface area contributed by atoms with E-state index in [1.807, 2.05) is 0 Å². The van der Waals surface area contributed by atoms with Crippen LogP contribution in [0.2, 0.25) is 0 Å². The molecule has 2 aliphatic rings. The minimum Gasteiger partial charge on any atom is -0.481 e. The molecule has 116 valence electrons. The maximum Gasteiger partial charge on any atom is 0.307 e. The molecule has 0 aromatic carbocycles. The number of carboxylic acids is 1. The van der Waals surface area contributed by atoms with Crippen molar-refractivity contribution in [3.8, 4) is 0 Å². The van der Waals surface area contributed by atoms with Crippen LogP contribution in [-0.2, 0) is 4.79 Å². The molecule has 0 bridgehead atoms. The normalized spacial score (nSPS) is 32.3. The molecule has 2 atom stereocenters. The number of rotatable bonds is 3. The molecule has 0 spiro atoms. The fourth-order valence-corrected chi connectivity index (χ4v) is 4.93. The summed E-state index contributed by atoms with van der Waals surface area (Å²) in [5.74, 6) is -0.00963. The van der Waals surface area contributed by atoms with Crippen LogP contribution in [0.15, 0.2) is 11.1 Å². The lowest BCUT2D eigenvalue weighted by molar-refractivity contribution is -0.136. The Bertz CT molecular complexity index is 406. The van der Waals surface area contributed by atoms with E-state index in [9.17, 15) is 9.90 Å². The summed E-state index contributed by atoms with van der Waals surface area (Å²) in [4.78, 5) is 11.3. The summed E-state index contributed by atoms with van der Waals surface area (Å²) in [5, 5.41) is 9.28. The molecule has 1 fully saturated rings. The number of fused-ring (bicyclic) bond motifs is 1. The van der Waals surface area contributed by atoms with Crippen LogP contribution in [0.5, 0.6) is 0 Å². The van der Waals surface area contributed by atoms with E-state index in [0.29, 0.717) is 11.3 Å². The number of carbonyl (C=O) groups is 1. The molecule has 0 saturated heterocycles. The standard InChI is InChI=1S/C17H28O2.CH4/c1-5-12-7-8-14-16(2,3)9-6-10-17(14,4)13(12)11-15(18)19;/h14H,5-11H2,1-4H3,(H,18,19);1H4. The monoisotopic (exact) mass is 280 g/mol. The molecule has 2 rings (SSSR count). The Morgan fingerprint density at radius 1 is 1.30 bits per heavy atom. The zero-order chi connectivity index (χ0) is 14.3. The van der Waals surface area contributed by atoms with Gasteiger partial charge in [0.05, 0.1) is 6.42 Å². The zero-order valence-electron chi connectivity index (χ0n) is 12.9. The van der Waals surface area contributed by atoms with Gasteiger partial charge < -0.3 is 5.11 Å². The van der Waals surface area contributed by atoms with Gasteiger partial charge in [-0.05, 0) is 48.9 Å². The highest BCUT2D eigenvalue weighted by molar-refractivity contribution is 5.71. The van der Waals surface area contributed by atoms with Crippen molar-refractivity contribution in [1.29, 1.82) is 0 Å². The third-order valence-corrected chi connectivity index (χ3v) is 5.84. The molecule has 1 N–H and O–H groups in total. The minimum absolute atomic E-state index is 0. The van der Waals surface area contributed by atoms with Gasteiger partial charge >= 0.3 is 5.97 Å². The lowest BCUT2D eigenvalue weighted by Gasteiger charge is -2.55. The molecular weight excluding hydrogens is 248 g/mol. The van der Waals surface area contributed by atoms with Gasteiger partial charge in [-0.2, -0.15) is 0 Å². The Hall–Kier alpha value is -0.790. The fourth-order valence-electron chi connectivity index (χ4n) is 4.93. The summed E-state index contributed by atoms with van der Waals surface area (Å²) in [7, 11) is 0. The van der Waals surface area contributed by atoms with Crippen LogP contribution in [-0.4, -0.2) is 11.1 Å². The summed E-state index contributed by atoms with van der Waals surface area (Å²) in [6.45, 7) is 9.27. The molecule has 0 radical (unpaired) electrons. The topological polar surface area (TPSA) is 37.3 Å².